The van der Waals surface area contributed by atoms with Crippen LogP contribution in [0.4, 0.5) is 5.82 Å². The number of nitro groups is 1. The van der Waals surface area contributed by atoms with E-state index in [2.05, 4.69) is 17.2 Å². The Balaban J connectivity index is 2.15. The fourth-order valence-electron chi connectivity index (χ4n) is 3.08. The Labute approximate surface area is 167 Å². The standard InChI is InChI=1S/C21H33N3O4/c1-3-4-5-6-7-8-9-10-11-12-13-14-20(25)23-21(26)18-16-22-19(24(27)28)15-17(18)2/h15-16H,3-14H2,1-2H3,(H,23,25,26). The van der Waals surface area contributed by atoms with Crippen LogP contribution in [-0.4, -0.2) is 21.7 Å². The summed E-state index contributed by atoms with van der Waals surface area (Å²) in [5.74, 6) is -1.20. The summed E-state index contributed by atoms with van der Waals surface area (Å²) in [7, 11) is 0. The molecule has 0 bridgehead atoms. The molecule has 0 atom stereocenters. The number of pyridine rings is 1. The molecule has 1 N–H and O–H groups in total. The Morgan fingerprint density at radius 1 is 1.00 bits per heavy atom. The molecule has 0 aliphatic rings. The topological polar surface area (TPSA) is 102 Å². The van der Waals surface area contributed by atoms with Gasteiger partial charge in [0.25, 0.3) is 5.91 Å². The number of hydrogen-bond donors (Lipinski definition) is 1. The minimum atomic E-state index is -0.619. The summed E-state index contributed by atoms with van der Waals surface area (Å²) in [5, 5.41) is 13.0. The molecule has 156 valence electrons. The number of unbranched alkanes of at least 4 members (excludes halogenated alkanes) is 10. The SMILES string of the molecule is CCCCCCCCCCCCCC(=O)NC(=O)c1cnc([N+](=O)[O-])cc1C. The first kappa shape index (κ1) is 23.7. The molecular weight excluding hydrogens is 358 g/mol. The first-order chi connectivity index (χ1) is 13.5. The summed E-state index contributed by atoms with van der Waals surface area (Å²) < 4.78 is 0. The summed E-state index contributed by atoms with van der Waals surface area (Å²) in [5.41, 5.74) is 0.597. The van der Waals surface area contributed by atoms with Gasteiger partial charge < -0.3 is 10.1 Å². The molecule has 0 saturated carbocycles. The molecule has 0 unspecified atom stereocenters. The molecule has 2 amide bonds. The van der Waals surface area contributed by atoms with Crippen LogP contribution in [0.3, 0.4) is 0 Å². The van der Waals surface area contributed by atoms with Gasteiger partial charge in [0.1, 0.15) is 0 Å². The number of nitrogens with one attached hydrogen (secondary N) is 1. The van der Waals surface area contributed by atoms with Crippen molar-refractivity contribution in [3.63, 3.8) is 0 Å². The van der Waals surface area contributed by atoms with Gasteiger partial charge in [-0.25, -0.2) is 0 Å². The van der Waals surface area contributed by atoms with Crippen LogP contribution in [0.15, 0.2) is 12.3 Å². The van der Waals surface area contributed by atoms with Gasteiger partial charge in [-0.05, 0) is 28.8 Å². The van der Waals surface area contributed by atoms with Crippen LogP contribution in [0.1, 0.15) is 99.9 Å². The highest BCUT2D eigenvalue weighted by molar-refractivity contribution is 6.05. The van der Waals surface area contributed by atoms with Crippen molar-refractivity contribution < 1.29 is 14.5 Å². The molecule has 0 spiro atoms. The molecule has 0 saturated heterocycles. The number of nitrogens with zero attached hydrogens (tertiary/aromatic N) is 2. The maximum atomic E-state index is 12.1. The van der Waals surface area contributed by atoms with E-state index in [0.29, 0.717) is 12.0 Å². The molecule has 7 nitrogen and oxygen atoms in total. The van der Waals surface area contributed by atoms with Crippen molar-refractivity contribution in [2.45, 2.75) is 90.9 Å². The normalized spacial score (nSPS) is 10.6. The van der Waals surface area contributed by atoms with Gasteiger partial charge in [0.2, 0.25) is 5.91 Å². The Morgan fingerprint density at radius 3 is 2.04 bits per heavy atom. The summed E-state index contributed by atoms with van der Waals surface area (Å²) in [6, 6.07) is 1.23. The number of aryl methyl sites for hydroxylation is 1. The number of amides is 2. The van der Waals surface area contributed by atoms with Crippen LogP contribution in [0.5, 0.6) is 0 Å². The van der Waals surface area contributed by atoms with E-state index in [1.165, 1.54) is 57.4 Å². The number of carbonyl (C=O) groups is 2. The predicted molar refractivity (Wildman–Crippen MR) is 109 cm³/mol. The van der Waals surface area contributed by atoms with E-state index in [-0.39, 0.29) is 17.3 Å². The highest BCUT2D eigenvalue weighted by Crippen LogP contribution is 2.14. The van der Waals surface area contributed by atoms with Crippen LogP contribution in [-0.2, 0) is 4.79 Å². The maximum absolute atomic E-state index is 12.1. The number of hydrogen-bond acceptors (Lipinski definition) is 5. The van der Waals surface area contributed by atoms with Gasteiger partial charge >= 0.3 is 5.82 Å². The molecule has 0 fully saturated rings. The van der Waals surface area contributed by atoms with Gasteiger partial charge in [0.05, 0.1) is 5.56 Å². The van der Waals surface area contributed by atoms with Gasteiger partial charge in [0.15, 0.2) is 6.20 Å². The quantitative estimate of drug-likeness (QED) is 0.265. The van der Waals surface area contributed by atoms with Crippen LogP contribution in [0.25, 0.3) is 0 Å². The van der Waals surface area contributed by atoms with E-state index in [1.54, 1.807) is 6.92 Å². The molecule has 0 aromatic carbocycles. The van der Waals surface area contributed by atoms with Gasteiger partial charge in [0, 0.05) is 12.5 Å². The van der Waals surface area contributed by atoms with Crippen molar-refractivity contribution in [1.82, 2.24) is 10.3 Å². The third-order valence-electron chi connectivity index (χ3n) is 4.79. The van der Waals surface area contributed by atoms with Crippen LogP contribution >= 0.6 is 0 Å². The van der Waals surface area contributed by atoms with Crippen molar-refractivity contribution in [2.75, 3.05) is 0 Å². The van der Waals surface area contributed by atoms with Crippen molar-refractivity contribution in [3.05, 3.63) is 33.5 Å². The van der Waals surface area contributed by atoms with E-state index in [9.17, 15) is 19.7 Å². The number of carbonyl (C=O) groups excluding carboxylic acids is 2. The van der Waals surface area contributed by atoms with Gasteiger partial charge in [-0.15, -0.1) is 0 Å². The van der Waals surface area contributed by atoms with Crippen molar-refractivity contribution in [3.8, 4) is 0 Å². The molecule has 1 rings (SSSR count). The molecule has 0 aliphatic heterocycles. The monoisotopic (exact) mass is 391 g/mol. The Bertz CT molecular complexity index is 647. The van der Waals surface area contributed by atoms with E-state index in [1.807, 2.05) is 0 Å². The van der Waals surface area contributed by atoms with Gasteiger partial charge in [-0.1, -0.05) is 71.1 Å². The number of imide groups is 1. The van der Waals surface area contributed by atoms with E-state index in [0.717, 1.165) is 25.5 Å². The zero-order valence-corrected chi connectivity index (χ0v) is 17.2. The first-order valence-electron chi connectivity index (χ1n) is 10.4. The third kappa shape index (κ3) is 9.58. The van der Waals surface area contributed by atoms with Gasteiger partial charge in [-0.3, -0.25) is 14.9 Å². The van der Waals surface area contributed by atoms with E-state index in [4.69, 9.17) is 0 Å². The summed E-state index contributed by atoms with van der Waals surface area (Å²) in [6.45, 7) is 3.81. The molecule has 7 heteroatoms. The lowest BCUT2D eigenvalue weighted by Gasteiger charge is -2.06. The fourth-order valence-corrected chi connectivity index (χ4v) is 3.08. The van der Waals surface area contributed by atoms with Crippen LogP contribution < -0.4 is 5.32 Å². The minimum absolute atomic E-state index is 0.179. The van der Waals surface area contributed by atoms with Crippen molar-refractivity contribution >= 4 is 17.6 Å². The molecule has 0 radical (unpaired) electrons. The van der Waals surface area contributed by atoms with Crippen molar-refractivity contribution in [1.29, 1.82) is 0 Å². The Morgan fingerprint density at radius 2 is 1.54 bits per heavy atom. The highest BCUT2D eigenvalue weighted by Gasteiger charge is 2.17. The maximum Gasteiger partial charge on any atom is 0.363 e. The average Bonchev–Trinajstić information content (AvgIpc) is 2.65. The summed E-state index contributed by atoms with van der Waals surface area (Å²) in [4.78, 5) is 37.7. The fraction of sp³-hybridized carbons (Fsp3) is 0.667. The molecular formula is C21H33N3O4. The lowest BCUT2D eigenvalue weighted by atomic mass is 10.1. The zero-order chi connectivity index (χ0) is 20.8. The van der Waals surface area contributed by atoms with Gasteiger partial charge in [-0.2, -0.15) is 0 Å². The van der Waals surface area contributed by atoms with Crippen LogP contribution in [0.2, 0.25) is 0 Å². The number of rotatable bonds is 14. The first-order valence-corrected chi connectivity index (χ1v) is 10.4. The summed E-state index contributed by atoms with van der Waals surface area (Å²) >= 11 is 0. The molecule has 1 aromatic rings. The second-order valence-electron chi connectivity index (χ2n) is 7.28. The molecule has 0 aliphatic carbocycles. The average molecular weight is 392 g/mol. The number of aromatic nitrogens is 1. The third-order valence-corrected chi connectivity index (χ3v) is 4.79. The predicted octanol–water partition coefficient (Wildman–Crippen LogP) is 5.26. The molecule has 1 aromatic heterocycles. The zero-order valence-electron chi connectivity index (χ0n) is 17.2. The smallest absolute Gasteiger partial charge is 0.358 e. The minimum Gasteiger partial charge on any atom is -0.358 e. The Hall–Kier alpha value is -2.31. The molecule has 1 heterocycles. The van der Waals surface area contributed by atoms with Crippen LogP contribution in [0, 0.1) is 17.0 Å². The molecule has 28 heavy (non-hydrogen) atoms. The lowest BCUT2D eigenvalue weighted by molar-refractivity contribution is -0.389. The second-order valence-corrected chi connectivity index (χ2v) is 7.28. The summed E-state index contributed by atoms with van der Waals surface area (Å²) in [6.07, 6.45) is 14.7. The lowest BCUT2D eigenvalue weighted by Crippen LogP contribution is -2.30. The largest absolute Gasteiger partial charge is 0.363 e. The van der Waals surface area contributed by atoms with E-state index >= 15 is 0 Å². The van der Waals surface area contributed by atoms with Crippen molar-refractivity contribution in [2.24, 2.45) is 0 Å². The van der Waals surface area contributed by atoms with E-state index < -0.39 is 10.8 Å². The Kier molecular flexibility index (Phi) is 11.7. The highest BCUT2D eigenvalue weighted by atomic mass is 16.6. The second kappa shape index (κ2) is 13.8.